The summed E-state index contributed by atoms with van der Waals surface area (Å²) in [6.45, 7) is 6.38. The Morgan fingerprint density at radius 2 is 0.520 bits per heavy atom. The second-order valence-electron chi connectivity index (χ2n) is 20.2. The zero-order valence-corrected chi connectivity index (χ0v) is 48.8. The molecule has 0 saturated carbocycles. The number of hydrogen-bond donors (Lipinski definition) is 0. The fourth-order valence-electron chi connectivity index (χ4n) is 8.34. The van der Waals surface area contributed by atoms with E-state index >= 15 is 0 Å². The minimum atomic E-state index is -0.801. The molecule has 75 heavy (non-hydrogen) atoms. The Hall–Kier alpha value is -4.19. The number of carbonyl (C=O) groups excluding carboxylic acids is 3. The number of rotatable bonds is 55. The zero-order chi connectivity index (χ0) is 54.3. The monoisotopic (exact) mass is 1040 g/mol. The molecule has 0 aromatic rings. The van der Waals surface area contributed by atoms with E-state index in [1.807, 2.05) is 0 Å². The number of unbranched alkanes of at least 4 members (excludes halogenated alkanes) is 24. The molecule has 6 heteroatoms. The molecule has 0 saturated heterocycles. The molecule has 0 aliphatic rings. The molecule has 426 valence electrons. The van der Waals surface area contributed by atoms with Crippen molar-refractivity contribution in [2.75, 3.05) is 13.2 Å². The highest BCUT2D eigenvalue weighted by Gasteiger charge is 2.19. The minimum absolute atomic E-state index is 0.0960. The molecule has 0 spiro atoms. The fraction of sp³-hybridized carbons (Fsp3) is 0.667. The molecule has 0 bridgehead atoms. The maximum atomic E-state index is 12.9. The number of ether oxygens (including phenoxy) is 3. The topological polar surface area (TPSA) is 78.9 Å². The van der Waals surface area contributed by atoms with Gasteiger partial charge in [0.05, 0.1) is 0 Å². The first kappa shape index (κ1) is 70.8. The first-order valence-corrected chi connectivity index (χ1v) is 31.0. The van der Waals surface area contributed by atoms with E-state index in [9.17, 15) is 14.4 Å². The van der Waals surface area contributed by atoms with Gasteiger partial charge in [-0.05, 0) is 128 Å². The summed E-state index contributed by atoms with van der Waals surface area (Å²) in [6, 6.07) is 0. The van der Waals surface area contributed by atoms with Gasteiger partial charge in [-0.15, -0.1) is 0 Å². The van der Waals surface area contributed by atoms with Crippen LogP contribution in [0.15, 0.2) is 122 Å². The first-order chi connectivity index (χ1) is 37.0. The molecule has 0 amide bonds. The smallest absolute Gasteiger partial charge is 0.306 e. The van der Waals surface area contributed by atoms with E-state index in [2.05, 4.69) is 142 Å². The van der Waals surface area contributed by atoms with Crippen molar-refractivity contribution >= 4 is 17.9 Å². The second-order valence-corrected chi connectivity index (χ2v) is 20.2. The van der Waals surface area contributed by atoms with Crippen LogP contribution >= 0.6 is 0 Å². The summed E-state index contributed by atoms with van der Waals surface area (Å²) < 4.78 is 16.9. The van der Waals surface area contributed by atoms with Crippen LogP contribution < -0.4 is 0 Å². The van der Waals surface area contributed by atoms with Crippen LogP contribution in [0.1, 0.15) is 278 Å². The molecule has 0 radical (unpaired) electrons. The molecule has 0 aliphatic carbocycles. The van der Waals surface area contributed by atoms with Crippen molar-refractivity contribution in [1.29, 1.82) is 0 Å². The molecule has 1 atom stereocenters. The lowest BCUT2D eigenvalue weighted by Gasteiger charge is -2.18. The van der Waals surface area contributed by atoms with Gasteiger partial charge in [-0.2, -0.15) is 0 Å². The Bertz CT molecular complexity index is 1570. The molecular weight excluding hydrogens is 925 g/mol. The lowest BCUT2D eigenvalue weighted by Crippen LogP contribution is -2.30. The number of hydrogen-bond acceptors (Lipinski definition) is 6. The third kappa shape index (κ3) is 60.6. The van der Waals surface area contributed by atoms with Crippen molar-refractivity contribution in [1.82, 2.24) is 0 Å². The lowest BCUT2D eigenvalue weighted by atomic mass is 10.1. The van der Waals surface area contributed by atoms with E-state index in [0.717, 1.165) is 141 Å². The van der Waals surface area contributed by atoms with Crippen LogP contribution in [0.25, 0.3) is 0 Å². The van der Waals surface area contributed by atoms with E-state index in [-0.39, 0.29) is 31.1 Å². The van der Waals surface area contributed by atoms with Gasteiger partial charge in [-0.3, -0.25) is 14.4 Å². The molecule has 6 nitrogen and oxygen atoms in total. The highest BCUT2D eigenvalue weighted by Crippen LogP contribution is 2.15. The van der Waals surface area contributed by atoms with Gasteiger partial charge in [0, 0.05) is 19.3 Å². The summed E-state index contributed by atoms with van der Waals surface area (Å²) >= 11 is 0. The van der Waals surface area contributed by atoms with Gasteiger partial charge >= 0.3 is 17.9 Å². The molecule has 1 unspecified atom stereocenters. The Labute approximate surface area is 462 Å². The third-order valence-electron chi connectivity index (χ3n) is 12.9. The van der Waals surface area contributed by atoms with E-state index in [4.69, 9.17) is 14.2 Å². The van der Waals surface area contributed by atoms with Gasteiger partial charge in [-0.25, -0.2) is 0 Å². The van der Waals surface area contributed by atoms with Crippen molar-refractivity contribution < 1.29 is 28.6 Å². The molecule has 0 N–H and O–H groups in total. The van der Waals surface area contributed by atoms with Crippen molar-refractivity contribution in [2.24, 2.45) is 0 Å². The standard InChI is InChI=1S/C69H114O6/c1-4-7-10-13-16-19-22-25-28-30-31-32-33-34-35-36-37-39-41-44-47-50-53-56-59-62-68(71)74-65-66(64-73-67(70)61-58-55-52-49-46-43-40-27-24-21-18-15-12-9-6-3)75-69(72)63-60-57-54-51-48-45-42-38-29-26-23-20-17-14-11-8-5-2/h7-8,10-11,16-17,19-20,25-29,31-32,34-35,40,42,45,66H,4-6,9,12-15,18,21-24,30,33,36-39,41,43-44,46-65H2,1-3H3/b10-7-,11-8-,19-16-,20-17-,28-25-,29-26-,32-31-,35-34-,40-27-,45-42-. The van der Waals surface area contributed by atoms with Crippen LogP contribution in [0.4, 0.5) is 0 Å². The molecular formula is C69H114O6. The number of allylic oxidation sites excluding steroid dienone is 20. The minimum Gasteiger partial charge on any atom is -0.462 e. The van der Waals surface area contributed by atoms with Crippen LogP contribution in [0.2, 0.25) is 0 Å². The highest BCUT2D eigenvalue weighted by molar-refractivity contribution is 5.71. The summed E-state index contributed by atoms with van der Waals surface area (Å²) in [5.74, 6) is -0.931. The summed E-state index contributed by atoms with van der Waals surface area (Å²) in [4.78, 5) is 38.3. The maximum absolute atomic E-state index is 12.9. The van der Waals surface area contributed by atoms with Crippen LogP contribution in [-0.4, -0.2) is 37.2 Å². The second kappa shape index (κ2) is 62.4. The largest absolute Gasteiger partial charge is 0.462 e. The van der Waals surface area contributed by atoms with Crippen molar-refractivity contribution in [3.63, 3.8) is 0 Å². The molecule has 0 aromatic carbocycles. The Morgan fingerprint density at radius 3 is 0.827 bits per heavy atom. The molecule has 0 aliphatic heterocycles. The molecule has 0 rings (SSSR count). The van der Waals surface area contributed by atoms with E-state index in [1.165, 1.54) is 96.3 Å². The normalized spacial score (nSPS) is 12.9. The highest BCUT2D eigenvalue weighted by atomic mass is 16.6. The van der Waals surface area contributed by atoms with Crippen molar-refractivity contribution in [3.8, 4) is 0 Å². The van der Waals surface area contributed by atoms with Gasteiger partial charge < -0.3 is 14.2 Å². The van der Waals surface area contributed by atoms with Gasteiger partial charge in [-0.1, -0.05) is 251 Å². The van der Waals surface area contributed by atoms with Gasteiger partial charge in [0.2, 0.25) is 0 Å². The van der Waals surface area contributed by atoms with Crippen LogP contribution in [0.5, 0.6) is 0 Å². The average Bonchev–Trinajstić information content (AvgIpc) is 3.41. The summed E-state index contributed by atoms with van der Waals surface area (Å²) in [6.07, 6.45) is 86.2. The Balaban J connectivity index is 4.41. The van der Waals surface area contributed by atoms with Crippen LogP contribution in [-0.2, 0) is 28.6 Å². The quantitative estimate of drug-likeness (QED) is 0.0261. The summed E-state index contributed by atoms with van der Waals surface area (Å²) in [7, 11) is 0. The zero-order valence-electron chi connectivity index (χ0n) is 48.8. The van der Waals surface area contributed by atoms with Crippen LogP contribution in [0, 0.1) is 0 Å². The SMILES string of the molecule is CC/C=C\C/C=C\C/C=C\C/C=C\C/C=C\CCCCCCCCCCCC(=O)OCC(COC(=O)CCCCCCC/C=C\CCCCCCCC)OC(=O)CCCCCC/C=C\C/C=C\C/C=C\C/C=C\CC. The first-order valence-electron chi connectivity index (χ1n) is 31.0. The van der Waals surface area contributed by atoms with Gasteiger partial charge in [0.25, 0.3) is 0 Å². The van der Waals surface area contributed by atoms with E-state index < -0.39 is 6.10 Å². The predicted molar refractivity (Wildman–Crippen MR) is 325 cm³/mol. The van der Waals surface area contributed by atoms with E-state index in [1.54, 1.807) is 0 Å². The lowest BCUT2D eigenvalue weighted by molar-refractivity contribution is -0.167. The average molecular weight is 1040 g/mol. The predicted octanol–water partition coefficient (Wildman–Crippen LogP) is 21.2. The molecule has 0 fully saturated rings. The number of esters is 3. The summed E-state index contributed by atoms with van der Waals surface area (Å²) in [5.41, 5.74) is 0. The van der Waals surface area contributed by atoms with Gasteiger partial charge in [0.1, 0.15) is 13.2 Å². The molecule has 0 aromatic heterocycles. The maximum Gasteiger partial charge on any atom is 0.306 e. The van der Waals surface area contributed by atoms with Crippen molar-refractivity contribution in [3.05, 3.63) is 122 Å². The Kier molecular flexibility index (Phi) is 58.9. The Morgan fingerprint density at radius 1 is 0.280 bits per heavy atom. The summed E-state index contributed by atoms with van der Waals surface area (Å²) in [5, 5.41) is 0. The van der Waals surface area contributed by atoms with Gasteiger partial charge in [0.15, 0.2) is 6.10 Å². The number of carbonyl (C=O) groups is 3. The molecule has 0 heterocycles. The van der Waals surface area contributed by atoms with Crippen LogP contribution in [0.3, 0.4) is 0 Å². The van der Waals surface area contributed by atoms with E-state index in [0.29, 0.717) is 19.3 Å². The van der Waals surface area contributed by atoms with Crippen molar-refractivity contribution in [2.45, 2.75) is 284 Å². The fourth-order valence-corrected chi connectivity index (χ4v) is 8.34. The third-order valence-corrected chi connectivity index (χ3v) is 12.9.